The summed E-state index contributed by atoms with van der Waals surface area (Å²) < 4.78 is 12.2. The molecule has 0 spiro atoms. The predicted octanol–water partition coefficient (Wildman–Crippen LogP) is 5.22. The average molecular weight is 435 g/mol. The third-order valence-electron chi connectivity index (χ3n) is 5.18. The Balaban J connectivity index is 1.54. The fourth-order valence-corrected chi connectivity index (χ4v) is 3.44. The van der Waals surface area contributed by atoms with Gasteiger partial charge in [-0.05, 0) is 65.7 Å². The molecule has 0 aliphatic heterocycles. The Labute approximate surface area is 190 Å². The summed E-state index contributed by atoms with van der Waals surface area (Å²) in [4.78, 5) is 13.9. The minimum Gasteiger partial charge on any atom is -0.497 e. The highest BCUT2D eigenvalue weighted by molar-refractivity contribution is 5.92. The molecule has 0 fully saturated rings. The van der Waals surface area contributed by atoms with Crippen LogP contribution in [0.15, 0.2) is 77.8 Å². The van der Waals surface area contributed by atoms with Gasteiger partial charge in [-0.1, -0.05) is 30.3 Å². The third-order valence-corrected chi connectivity index (χ3v) is 5.18. The number of hydrogen-bond donors (Lipinski definition) is 0. The van der Waals surface area contributed by atoms with Crippen molar-refractivity contribution in [2.24, 2.45) is 4.99 Å². The molecule has 0 saturated heterocycles. The van der Waals surface area contributed by atoms with Crippen LogP contribution in [-0.2, 0) is 0 Å². The lowest BCUT2D eigenvalue weighted by Crippen LogP contribution is -1.98. The number of methoxy groups -OCH3 is 2. The van der Waals surface area contributed by atoms with Crippen molar-refractivity contribution in [3.8, 4) is 11.5 Å². The van der Waals surface area contributed by atoms with Gasteiger partial charge in [0.1, 0.15) is 11.5 Å². The van der Waals surface area contributed by atoms with Crippen molar-refractivity contribution in [3.63, 3.8) is 0 Å². The van der Waals surface area contributed by atoms with Crippen molar-refractivity contribution in [2.75, 3.05) is 14.2 Å². The van der Waals surface area contributed by atoms with E-state index in [1.807, 2.05) is 84.9 Å². The molecule has 0 bridgehead atoms. The zero-order valence-electron chi connectivity index (χ0n) is 18.2. The van der Waals surface area contributed by atoms with Gasteiger partial charge in [-0.15, -0.1) is 5.10 Å². The molecular weight excluding hydrogens is 414 g/mol. The molecule has 0 saturated carbocycles. The summed E-state index contributed by atoms with van der Waals surface area (Å²) in [5.41, 5.74) is 3.50. The highest BCUT2D eigenvalue weighted by atomic mass is 16.5. The van der Waals surface area contributed by atoms with Crippen LogP contribution >= 0.6 is 0 Å². The highest BCUT2D eigenvalue weighted by Gasteiger charge is 2.11. The van der Waals surface area contributed by atoms with E-state index < -0.39 is 0 Å². The second-order valence-electron chi connectivity index (χ2n) is 7.27. The summed E-state index contributed by atoms with van der Waals surface area (Å²) >= 11 is 0. The molecule has 0 unspecified atom stereocenters. The molecule has 7 nitrogen and oxygen atoms in total. The van der Waals surface area contributed by atoms with E-state index in [2.05, 4.69) is 15.1 Å². The SMILES string of the molecule is COc1ccc(C=Nc2nc3c4ccccc4nc(/C=C/c4ccc(OC)cc4)n3n2)cc1. The van der Waals surface area contributed by atoms with E-state index >= 15 is 0 Å². The number of aromatic nitrogens is 4. The first-order chi connectivity index (χ1) is 16.2. The first-order valence-corrected chi connectivity index (χ1v) is 10.4. The molecule has 2 aromatic heterocycles. The molecule has 0 atom stereocenters. The van der Waals surface area contributed by atoms with Gasteiger partial charge in [-0.2, -0.15) is 9.50 Å². The zero-order valence-corrected chi connectivity index (χ0v) is 18.2. The maximum Gasteiger partial charge on any atom is 0.269 e. The maximum absolute atomic E-state index is 5.23. The van der Waals surface area contributed by atoms with E-state index in [0.717, 1.165) is 33.5 Å². The zero-order chi connectivity index (χ0) is 22.6. The van der Waals surface area contributed by atoms with Gasteiger partial charge in [0.2, 0.25) is 0 Å². The van der Waals surface area contributed by atoms with Crippen molar-refractivity contribution in [3.05, 3.63) is 89.7 Å². The number of para-hydroxylation sites is 1. The van der Waals surface area contributed by atoms with Gasteiger partial charge < -0.3 is 9.47 Å². The van der Waals surface area contributed by atoms with Crippen LogP contribution in [-0.4, -0.2) is 40.0 Å². The Morgan fingerprint density at radius 1 is 0.758 bits per heavy atom. The lowest BCUT2D eigenvalue weighted by atomic mass is 10.2. The highest BCUT2D eigenvalue weighted by Crippen LogP contribution is 2.22. The number of fused-ring (bicyclic) bond motifs is 3. The van der Waals surface area contributed by atoms with Crippen LogP contribution in [0.2, 0.25) is 0 Å². The van der Waals surface area contributed by atoms with E-state index in [-0.39, 0.29) is 0 Å². The Hall–Kier alpha value is -4.52. The van der Waals surface area contributed by atoms with Crippen LogP contribution in [0.5, 0.6) is 11.5 Å². The number of hydrogen-bond acceptors (Lipinski definition) is 6. The van der Waals surface area contributed by atoms with Crippen molar-refractivity contribution in [2.45, 2.75) is 0 Å². The molecule has 0 N–H and O–H groups in total. The van der Waals surface area contributed by atoms with E-state index in [9.17, 15) is 0 Å². The fraction of sp³-hybridized carbons (Fsp3) is 0.0769. The summed E-state index contributed by atoms with van der Waals surface area (Å²) in [7, 11) is 3.29. The molecular formula is C26H21N5O2. The lowest BCUT2D eigenvalue weighted by Gasteiger charge is -2.03. The van der Waals surface area contributed by atoms with Gasteiger partial charge in [-0.25, -0.2) is 9.98 Å². The maximum atomic E-state index is 5.23. The number of ether oxygens (including phenoxy) is 2. The van der Waals surface area contributed by atoms with Crippen LogP contribution in [0.1, 0.15) is 17.0 Å². The second kappa shape index (κ2) is 8.92. The van der Waals surface area contributed by atoms with Crippen LogP contribution in [0.3, 0.4) is 0 Å². The Bertz CT molecular complexity index is 1470. The summed E-state index contributed by atoms with van der Waals surface area (Å²) in [5, 5.41) is 5.51. The quantitative estimate of drug-likeness (QED) is 0.342. The van der Waals surface area contributed by atoms with E-state index in [1.54, 1.807) is 24.9 Å². The average Bonchev–Trinajstić information content (AvgIpc) is 3.31. The van der Waals surface area contributed by atoms with Gasteiger partial charge in [0.25, 0.3) is 5.95 Å². The predicted molar refractivity (Wildman–Crippen MR) is 130 cm³/mol. The molecule has 3 aromatic carbocycles. The van der Waals surface area contributed by atoms with Crippen LogP contribution in [0.25, 0.3) is 28.7 Å². The summed E-state index contributed by atoms with van der Waals surface area (Å²) in [5.74, 6) is 2.64. The minimum atomic E-state index is 0.364. The van der Waals surface area contributed by atoms with Gasteiger partial charge in [0, 0.05) is 11.6 Å². The van der Waals surface area contributed by atoms with Gasteiger partial charge in [-0.3, -0.25) is 0 Å². The number of nitrogens with zero attached hydrogens (tertiary/aromatic N) is 5. The number of rotatable bonds is 6. The molecule has 162 valence electrons. The van der Waals surface area contributed by atoms with E-state index in [0.29, 0.717) is 17.4 Å². The third kappa shape index (κ3) is 4.29. The molecule has 2 heterocycles. The first kappa shape index (κ1) is 20.4. The van der Waals surface area contributed by atoms with E-state index in [4.69, 9.17) is 14.5 Å². The lowest BCUT2D eigenvalue weighted by molar-refractivity contribution is 0.414. The monoisotopic (exact) mass is 435 g/mol. The fourth-order valence-electron chi connectivity index (χ4n) is 3.44. The Morgan fingerprint density at radius 2 is 1.42 bits per heavy atom. The summed E-state index contributed by atoms with van der Waals surface area (Å²) in [6.45, 7) is 0. The van der Waals surface area contributed by atoms with Crippen molar-refractivity contribution >= 4 is 40.9 Å². The minimum absolute atomic E-state index is 0.364. The molecule has 0 aliphatic carbocycles. The van der Waals surface area contributed by atoms with Crippen molar-refractivity contribution < 1.29 is 9.47 Å². The van der Waals surface area contributed by atoms with Crippen LogP contribution < -0.4 is 9.47 Å². The standard InChI is InChI=1S/C26H21N5O2/c1-32-20-12-7-18(8-13-20)11-16-24-28-23-6-4-3-5-22(23)25-29-26(30-31(24)25)27-17-19-9-14-21(33-2)15-10-19/h3-17H,1-2H3/b16-11+,27-17?. The number of aliphatic imine (C=N–C) groups is 1. The van der Waals surface area contributed by atoms with Gasteiger partial charge in [0.15, 0.2) is 11.5 Å². The molecule has 5 aromatic rings. The first-order valence-electron chi connectivity index (χ1n) is 10.4. The molecule has 7 heteroatoms. The van der Waals surface area contributed by atoms with E-state index in [1.165, 1.54) is 0 Å². The summed E-state index contributed by atoms with van der Waals surface area (Å²) in [6, 6.07) is 23.3. The molecule has 5 rings (SSSR count). The Morgan fingerprint density at radius 3 is 2.12 bits per heavy atom. The van der Waals surface area contributed by atoms with Gasteiger partial charge >= 0.3 is 0 Å². The van der Waals surface area contributed by atoms with Gasteiger partial charge in [0.05, 0.1) is 19.7 Å². The molecule has 0 amide bonds. The molecule has 33 heavy (non-hydrogen) atoms. The normalized spacial score (nSPS) is 11.7. The van der Waals surface area contributed by atoms with Crippen molar-refractivity contribution in [1.29, 1.82) is 0 Å². The van der Waals surface area contributed by atoms with Crippen LogP contribution in [0, 0.1) is 0 Å². The topological polar surface area (TPSA) is 73.9 Å². The van der Waals surface area contributed by atoms with Crippen LogP contribution in [0.4, 0.5) is 5.95 Å². The molecule has 0 aliphatic rings. The largest absolute Gasteiger partial charge is 0.497 e. The molecule has 0 radical (unpaired) electrons. The smallest absolute Gasteiger partial charge is 0.269 e. The number of benzene rings is 3. The van der Waals surface area contributed by atoms with Crippen molar-refractivity contribution in [1.82, 2.24) is 19.6 Å². The second-order valence-corrected chi connectivity index (χ2v) is 7.27. The summed E-state index contributed by atoms with van der Waals surface area (Å²) in [6.07, 6.45) is 5.64. The Kier molecular flexibility index (Phi) is 5.51.